The van der Waals surface area contributed by atoms with Gasteiger partial charge in [0.1, 0.15) is 18.4 Å². The number of benzene rings is 4. The summed E-state index contributed by atoms with van der Waals surface area (Å²) >= 11 is 0. The lowest BCUT2D eigenvalue weighted by atomic mass is 10.0. The first-order chi connectivity index (χ1) is 20.1. The zero-order valence-corrected chi connectivity index (χ0v) is 24.6. The summed E-state index contributed by atoms with van der Waals surface area (Å²) in [6.45, 7) is 2.84. The van der Waals surface area contributed by atoms with E-state index in [9.17, 15) is 22.4 Å². The first-order valence-electron chi connectivity index (χ1n) is 13.5. The first-order valence-corrected chi connectivity index (χ1v) is 15.0. The Hall–Kier alpha value is -4.50. The first kappa shape index (κ1) is 30.5. The van der Waals surface area contributed by atoms with E-state index in [1.54, 1.807) is 48.5 Å². The fraction of sp³-hybridized carbons (Fsp3) is 0.212. The number of anilines is 1. The molecule has 0 bridgehead atoms. The van der Waals surface area contributed by atoms with Crippen molar-refractivity contribution >= 4 is 27.5 Å². The van der Waals surface area contributed by atoms with Crippen LogP contribution in [0, 0.1) is 19.7 Å². The molecule has 1 N–H and O–H groups in total. The summed E-state index contributed by atoms with van der Waals surface area (Å²) in [6, 6.07) is 27.4. The molecule has 218 valence electrons. The summed E-state index contributed by atoms with van der Waals surface area (Å²) in [5.41, 5.74) is 2.99. The number of hydrogen-bond donors (Lipinski definition) is 1. The normalized spacial score (nSPS) is 11.9. The molecule has 0 spiro atoms. The zero-order valence-electron chi connectivity index (χ0n) is 23.8. The number of sulfonamides is 1. The molecule has 4 aromatic rings. The number of likely N-dealkylation sites (N-methyl/N-ethyl adjacent to an activating group) is 1. The van der Waals surface area contributed by atoms with Gasteiger partial charge in [0.2, 0.25) is 11.8 Å². The summed E-state index contributed by atoms with van der Waals surface area (Å²) < 4.78 is 43.9. The predicted octanol–water partition coefficient (Wildman–Crippen LogP) is 5.02. The smallest absolute Gasteiger partial charge is 0.264 e. The van der Waals surface area contributed by atoms with Crippen molar-refractivity contribution < 1.29 is 22.4 Å². The van der Waals surface area contributed by atoms with Crippen LogP contribution in [0.2, 0.25) is 0 Å². The van der Waals surface area contributed by atoms with Crippen molar-refractivity contribution in [1.29, 1.82) is 0 Å². The summed E-state index contributed by atoms with van der Waals surface area (Å²) in [4.78, 5) is 28.8. The van der Waals surface area contributed by atoms with Crippen molar-refractivity contribution in [3.05, 3.63) is 131 Å². The highest BCUT2D eigenvalue weighted by Gasteiger charge is 2.34. The maximum absolute atomic E-state index is 14.9. The molecule has 9 heteroatoms. The lowest BCUT2D eigenvalue weighted by Crippen LogP contribution is -2.53. The second kappa shape index (κ2) is 13.4. The Labute approximate surface area is 246 Å². The largest absolute Gasteiger partial charge is 0.357 e. The molecule has 0 fully saturated rings. The number of rotatable bonds is 11. The van der Waals surface area contributed by atoms with E-state index in [1.165, 1.54) is 30.1 Å². The van der Waals surface area contributed by atoms with E-state index in [1.807, 2.05) is 50.2 Å². The number of nitrogens with one attached hydrogen (secondary N) is 1. The second-order valence-corrected chi connectivity index (χ2v) is 12.0. The van der Waals surface area contributed by atoms with Crippen LogP contribution in [0.4, 0.5) is 10.1 Å². The Balaban J connectivity index is 1.80. The molecule has 0 radical (unpaired) electrons. The average Bonchev–Trinajstić information content (AvgIpc) is 2.98. The molecule has 0 aliphatic rings. The Morgan fingerprint density at radius 3 is 2.14 bits per heavy atom. The fourth-order valence-corrected chi connectivity index (χ4v) is 6.09. The summed E-state index contributed by atoms with van der Waals surface area (Å²) in [6.07, 6.45) is 0.149. The van der Waals surface area contributed by atoms with Crippen LogP contribution in [0.3, 0.4) is 0 Å². The lowest BCUT2D eigenvalue weighted by Gasteiger charge is -2.33. The quantitative estimate of drug-likeness (QED) is 0.267. The molecule has 0 saturated carbocycles. The van der Waals surface area contributed by atoms with E-state index in [-0.39, 0.29) is 23.4 Å². The number of carbonyl (C=O) groups is 2. The van der Waals surface area contributed by atoms with E-state index in [0.717, 1.165) is 21.0 Å². The number of nitrogens with zero attached hydrogens (tertiary/aromatic N) is 2. The van der Waals surface area contributed by atoms with E-state index in [2.05, 4.69) is 5.32 Å². The van der Waals surface area contributed by atoms with Crippen LogP contribution in [0.25, 0.3) is 0 Å². The molecule has 4 aromatic carbocycles. The Morgan fingerprint density at radius 2 is 1.50 bits per heavy atom. The monoisotopic (exact) mass is 587 g/mol. The van der Waals surface area contributed by atoms with Crippen molar-refractivity contribution in [1.82, 2.24) is 10.2 Å². The summed E-state index contributed by atoms with van der Waals surface area (Å²) in [5, 5.41) is 2.62. The highest BCUT2D eigenvalue weighted by Crippen LogP contribution is 2.26. The van der Waals surface area contributed by atoms with Gasteiger partial charge in [0.05, 0.1) is 10.6 Å². The van der Waals surface area contributed by atoms with Crippen LogP contribution >= 0.6 is 0 Å². The third-order valence-corrected chi connectivity index (χ3v) is 8.78. The molecule has 0 saturated heterocycles. The van der Waals surface area contributed by atoms with Gasteiger partial charge in [-0.05, 0) is 55.3 Å². The van der Waals surface area contributed by atoms with Gasteiger partial charge in [-0.15, -0.1) is 0 Å². The number of halogens is 1. The molecule has 0 heterocycles. The van der Waals surface area contributed by atoms with Crippen LogP contribution < -0.4 is 9.62 Å². The van der Waals surface area contributed by atoms with E-state index < -0.39 is 40.2 Å². The minimum Gasteiger partial charge on any atom is -0.357 e. The van der Waals surface area contributed by atoms with Crippen molar-refractivity contribution in [2.45, 2.75) is 37.8 Å². The molecule has 0 aromatic heterocycles. The van der Waals surface area contributed by atoms with Gasteiger partial charge < -0.3 is 10.2 Å². The Bertz CT molecular complexity index is 1640. The molecule has 1 atom stereocenters. The van der Waals surface area contributed by atoms with E-state index in [4.69, 9.17) is 0 Å². The van der Waals surface area contributed by atoms with Gasteiger partial charge in [-0.25, -0.2) is 12.8 Å². The van der Waals surface area contributed by atoms with Crippen molar-refractivity contribution in [2.24, 2.45) is 0 Å². The third kappa shape index (κ3) is 7.22. The van der Waals surface area contributed by atoms with Crippen LogP contribution in [-0.4, -0.2) is 44.8 Å². The Morgan fingerprint density at radius 1 is 0.833 bits per heavy atom. The zero-order chi connectivity index (χ0) is 30.3. The van der Waals surface area contributed by atoms with Gasteiger partial charge in [-0.2, -0.15) is 0 Å². The predicted molar refractivity (Wildman–Crippen MR) is 162 cm³/mol. The van der Waals surface area contributed by atoms with Gasteiger partial charge in [0, 0.05) is 25.6 Å². The molecular formula is C33H34FN3O4S. The molecular weight excluding hydrogens is 553 g/mol. The molecule has 42 heavy (non-hydrogen) atoms. The van der Waals surface area contributed by atoms with Crippen molar-refractivity contribution in [3.8, 4) is 0 Å². The molecule has 0 aliphatic heterocycles. The maximum atomic E-state index is 14.9. The van der Waals surface area contributed by atoms with E-state index in [0.29, 0.717) is 5.69 Å². The number of hydrogen-bond acceptors (Lipinski definition) is 4. The van der Waals surface area contributed by atoms with Gasteiger partial charge >= 0.3 is 0 Å². The number of amides is 2. The standard InChI is InChI=1S/C33H34FN3O4S/c1-24-16-18-29(19-17-24)42(40,41)37(28-14-9-10-25(2)20-28)23-32(38)36(22-27-13-7-8-15-30(27)34)31(33(39)35-3)21-26-11-5-4-6-12-26/h4-20,31H,21-23H2,1-3H3,(H,35,39)/t31-/m0/s1. The van der Waals surface area contributed by atoms with Gasteiger partial charge in [-0.1, -0.05) is 78.4 Å². The SMILES string of the molecule is CNC(=O)[C@H](Cc1ccccc1)N(Cc1ccccc1F)C(=O)CN(c1cccc(C)c1)S(=O)(=O)c1ccc(C)cc1. The van der Waals surface area contributed by atoms with E-state index >= 15 is 0 Å². The highest BCUT2D eigenvalue weighted by molar-refractivity contribution is 7.92. The molecule has 0 aliphatic carbocycles. The van der Waals surface area contributed by atoms with Crippen molar-refractivity contribution in [3.63, 3.8) is 0 Å². The van der Waals surface area contributed by atoms with Gasteiger partial charge in [0.25, 0.3) is 10.0 Å². The molecule has 2 amide bonds. The number of carbonyl (C=O) groups excluding carboxylic acids is 2. The molecule has 4 rings (SSSR count). The number of aryl methyl sites for hydroxylation is 2. The molecule has 0 unspecified atom stereocenters. The van der Waals surface area contributed by atoms with Crippen LogP contribution in [0.15, 0.2) is 108 Å². The van der Waals surface area contributed by atoms with Crippen LogP contribution in [-0.2, 0) is 32.6 Å². The van der Waals surface area contributed by atoms with Gasteiger partial charge in [-0.3, -0.25) is 13.9 Å². The minimum atomic E-state index is -4.20. The summed E-state index contributed by atoms with van der Waals surface area (Å²) in [5.74, 6) is -1.64. The molecule has 7 nitrogen and oxygen atoms in total. The Kier molecular flexibility index (Phi) is 9.75. The van der Waals surface area contributed by atoms with Crippen LogP contribution in [0.1, 0.15) is 22.3 Å². The fourth-order valence-electron chi connectivity index (χ4n) is 4.68. The lowest BCUT2D eigenvalue weighted by molar-refractivity contribution is -0.139. The van der Waals surface area contributed by atoms with Crippen molar-refractivity contribution in [2.75, 3.05) is 17.9 Å². The van der Waals surface area contributed by atoms with Gasteiger partial charge in [0.15, 0.2) is 0 Å². The average molecular weight is 588 g/mol. The topological polar surface area (TPSA) is 86.8 Å². The maximum Gasteiger partial charge on any atom is 0.264 e. The highest BCUT2D eigenvalue weighted by atomic mass is 32.2. The second-order valence-electron chi connectivity index (χ2n) is 10.1. The third-order valence-electron chi connectivity index (χ3n) is 6.99. The summed E-state index contributed by atoms with van der Waals surface area (Å²) in [7, 11) is -2.73. The van der Waals surface area contributed by atoms with Crippen LogP contribution in [0.5, 0.6) is 0 Å². The minimum absolute atomic E-state index is 0.0233.